The Hall–Kier alpha value is -3.15. The zero-order valence-electron chi connectivity index (χ0n) is 14.2. The average Bonchev–Trinajstić information content (AvgIpc) is 3.11. The molecule has 1 amide bonds. The minimum absolute atomic E-state index is 0.184. The van der Waals surface area contributed by atoms with Gasteiger partial charge in [0, 0.05) is 35.6 Å². The summed E-state index contributed by atoms with van der Waals surface area (Å²) < 4.78 is 6.87. The van der Waals surface area contributed by atoms with Crippen LogP contribution < -0.4 is 11.0 Å². The van der Waals surface area contributed by atoms with E-state index in [-0.39, 0.29) is 11.6 Å². The van der Waals surface area contributed by atoms with Gasteiger partial charge in [-0.05, 0) is 44.2 Å². The second kappa shape index (κ2) is 7.17. The maximum absolute atomic E-state index is 12.2. The van der Waals surface area contributed by atoms with Gasteiger partial charge in [-0.2, -0.15) is 4.98 Å². The van der Waals surface area contributed by atoms with Gasteiger partial charge in [0.15, 0.2) is 0 Å². The molecule has 128 valence electrons. The molecule has 3 rings (SSSR count). The molecule has 6 nitrogen and oxygen atoms in total. The van der Waals surface area contributed by atoms with Crippen LogP contribution >= 0.6 is 0 Å². The standard InChI is InChI=1S/C19H19N3O3/c1-13-12-14(2)22(19(24)21-13)10-9-20-18(23)16-7-5-15(6-8-16)17-4-3-11-25-17/h3-8,11-12H,9-10H2,1-2H3,(H,20,23). The van der Waals surface area contributed by atoms with E-state index in [1.807, 2.05) is 37.3 Å². The molecule has 0 bridgehead atoms. The summed E-state index contributed by atoms with van der Waals surface area (Å²) in [6.07, 6.45) is 1.61. The van der Waals surface area contributed by atoms with Crippen molar-refractivity contribution in [3.63, 3.8) is 0 Å². The molecule has 0 atom stereocenters. The molecule has 3 aromatic rings. The first-order valence-electron chi connectivity index (χ1n) is 8.02. The van der Waals surface area contributed by atoms with Gasteiger partial charge in [0.25, 0.3) is 5.91 Å². The fourth-order valence-electron chi connectivity index (χ4n) is 2.66. The molecule has 0 aliphatic carbocycles. The van der Waals surface area contributed by atoms with E-state index >= 15 is 0 Å². The SMILES string of the molecule is Cc1cc(C)n(CCNC(=O)c2ccc(-c3ccco3)cc2)c(=O)n1. The van der Waals surface area contributed by atoms with E-state index in [1.165, 1.54) is 0 Å². The molecule has 2 heterocycles. The highest BCUT2D eigenvalue weighted by atomic mass is 16.3. The fourth-order valence-corrected chi connectivity index (χ4v) is 2.66. The highest BCUT2D eigenvalue weighted by Gasteiger charge is 2.08. The van der Waals surface area contributed by atoms with E-state index in [0.717, 1.165) is 17.0 Å². The minimum Gasteiger partial charge on any atom is -0.464 e. The topological polar surface area (TPSA) is 77.1 Å². The molecule has 1 aromatic carbocycles. The summed E-state index contributed by atoms with van der Waals surface area (Å²) >= 11 is 0. The number of aryl methyl sites for hydroxylation is 2. The van der Waals surface area contributed by atoms with Gasteiger partial charge in [0.2, 0.25) is 0 Å². The molecular weight excluding hydrogens is 318 g/mol. The van der Waals surface area contributed by atoms with Crippen molar-refractivity contribution < 1.29 is 9.21 Å². The Balaban J connectivity index is 1.61. The number of carbonyl (C=O) groups is 1. The molecule has 0 saturated heterocycles. The van der Waals surface area contributed by atoms with Gasteiger partial charge < -0.3 is 9.73 Å². The molecule has 1 N–H and O–H groups in total. The largest absolute Gasteiger partial charge is 0.464 e. The van der Waals surface area contributed by atoms with Crippen LogP contribution in [0.2, 0.25) is 0 Å². The van der Waals surface area contributed by atoms with E-state index < -0.39 is 0 Å². The van der Waals surface area contributed by atoms with Gasteiger partial charge in [-0.1, -0.05) is 12.1 Å². The third-order valence-corrected chi connectivity index (χ3v) is 3.92. The quantitative estimate of drug-likeness (QED) is 0.776. The van der Waals surface area contributed by atoms with Crippen LogP contribution in [0, 0.1) is 13.8 Å². The number of hydrogen-bond donors (Lipinski definition) is 1. The van der Waals surface area contributed by atoms with Crippen LogP contribution in [0.4, 0.5) is 0 Å². The lowest BCUT2D eigenvalue weighted by molar-refractivity contribution is 0.0952. The van der Waals surface area contributed by atoms with Crippen LogP contribution in [-0.2, 0) is 6.54 Å². The van der Waals surface area contributed by atoms with Crippen molar-refractivity contribution in [1.82, 2.24) is 14.9 Å². The van der Waals surface area contributed by atoms with Gasteiger partial charge >= 0.3 is 5.69 Å². The number of benzene rings is 1. The Morgan fingerprint density at radius 3 is 2.60 bits per heavy atom. The second-order valence-corrected chi connectivity index (χ2v) is 5.78. The molecule has 25 heavy (non-hydrogen) atoms. The molecule has 0 unspecified atom stereocenters. The predicted molar refractivity (Wildman–Crippen MR) is 94.4 cm³/mol. The zero-order valence-corrected chi connectivity index (χ0v) is 14.2. The number of amides is 1. The molecule has 0 spiro atoms. The molecule has 0 aliphatic heterocycles. The van der Waals surface area contributed by atoms with Crippen LogP contribution in [0.15, 0.2) is 57.9 Å². The van der Waals surface area contributed by atoms with Gasteiger partial charge in [-0.3, -0.25) is 9.36 Å². The Labute approximate surface area is 145 Å². The van der Waals surface area contributed by atoms with Gasteiger partial charge in [0.1, 0.15) is 5.76 Å². The van der Waals surface area contributed by atoms with Crippen LogP contribution in [0.5, 0.6) is 0 Å². The lowest BCUT2D eigenvalue weighted by atomic mass is 10.1. The summed E-state index contributed by atoms with van der Waals surface area (Å²) in [5.41, 5.74) is 2.69. The Morgan fingerprint density at radius 1 is 1.20 bits per heavy atom. The van der Waals surface area contributed by atoms with Crippen LogP contribution in [-0.4, -0.2) is 22.0 Å². The lowest BCUT2D eigenvalue weighted by Gasteiger charge is -2.10. The first-order valence-corrected chi connectivity index (χ1v) is 8.02. The molecule has 6 heteroatoms. The smallest absolute Gasteiger partial charge is 0.348 e. The van der Waals surface area contributed by atoms with E-state index in [2.05, 4.69) is 10.3 Å². The Bertz CT molecular complexity index is 926. The van der Waals surface area contributed by atoms with Crippen molar-refractivity contribution in [3.05, 3.63) is 76.2 Å². The Kier molecular flexibility index (Phi) is 4.79. The van der Waals surface area contributed by atoms with Crippen LogP contribution in [0.1, 0.15) is 21.7 Å². The monoisotopic (exact) mass is 337 g/mol. The van der Waals surface area contributed by atoms with E-state index in [9.17, 15) is 9.59 Å². The minimum atomic E-state index is -0.297. The normalized spacial score (nSPS) is 10.6. The summed E-state index contributed by atoms with van der Waals surface area (Å²) in [4.78, 5) is 28.0. The maximum Gasteiger partial charge on any atom is 0.348 e. The predicted octanol–water partition coefficient (Wildman–Crippen LogP) is 2.55. The van der Waals surface area contributed by atoms with Crippen molar-refractivity contribution in [2.24, 2.45) is 0 Å². The molecule has 0 fully saturated rings. The fraction of sp³-hybridized carbons (Fsp3) is 0.211. The first-order chi connectivity index (χ1) is 12.0. The summed E-state index contributed by atoms with van der Waals surface area (Å²) in [5, 5.41) is 2.82. The van der Waals surface area contributed by atoms with Gasteiger partial charge in [-0.15, -0.1) is 0 Å². The lowest BCUT2D eigenvalue weighted by Crippen LogP contribution is -2.33. The van der Waals surface area contributed by atoms with Crippen molar-refractivity contribution >= 4 is 5.91 Å². The summed E-state index contributed by atoms with van der Waals surface area (Å²) in [5.74, 6) is 0.574. The average molecular weight is 337 g/mol. The maximum atomic E-state index is 12.2. The van der Waals surface area contributed by atoms with Gasteiger partial charge in [0.05, 0.1) is 6.26 Å². The van der Waals surface area contributed by atoms with Crippen molar-refractivity contribution in [2.75, 3.05) is 6.54 Å². The number of aromatic nitrogens is 2. The molecule has 0 saturated carbocycles. The van der Waals surface area contributed by atoms with E-state index in [0.29, 0.717) is 24.3 Å². The summed E-state index contributed by atoms with van der Waals surface area (Å²) in [6.45, 7) is 4.37. The highest BCUT2D eigenvalue weighted by Crippen LogP contribution is 2.19. The molecule has 0 radical (unpaired) electrons. The Morgan fingerprint density at radius 2 is 1.96 bits per heavy atom. The van der Waals surface area contributed by atoms with Crippen molar-refractivity contribution in [3.8, 4) is 11.3 Å². The second-order valence-electron chi connectivity index (χ2n) is 5.78. The number of hydrogen-bond acceptors (Lipinski definition) is 4. The molecular formula is C19H19N3O3. The summed E-state index contributed by atoms with van der Waals surface area (Å²) in [6, 6.07) is 12.7. The zero-order chi connectivity index (χ0) is 17.8. The third-order valence-electron chi connectivity index (χ3n) is 3.92. The number of nitrogens with one attached hydrogen (secondary N) is 1. The van der Waals surface area contributed by atoms with Crippen molar-refractivity contribution in [2.45, 2.75) is 20.4 Å². The number of rotatable bonds is 5. The molecule has 2 aromatic heterocycles. The van der Waals surface area contributed by atoms with Crippen LogP contribution in [0.3, 0.4) is 0 Å². The summed E-state index contributed by atoms with van der Waals surface area (Å²) in [7, 11) is 0. The van der Waals surface area contributed by atoms with Gasteiger partial charge in [-0.25, -0.2) is 4.79 Å². The van der Waals surface area contributed by atoms with E-state index in [4.69, 9.17) is 4.42 Å². The number of carbonyl (C=O) groups excluding carboxylic acids is 1. The number of nitrogens with zero attached hydrogens (tertiary/aromatic N) is 2. The van der Waals surface area contributed by atoms with Crippen LogP contribution in [0.25, 0.3) is 11.3 Å². The highest BCUT2D eigenvalue weighted by molar-refractivity contribution is 5.94. The van der Waals surface area contributed by atoms with Crippen molar-refractivity contribution in [1.29, 1.82) is 0 Å². The van der Waals surface area contributed by atoms with E-state index in [1.54, 1.807) is 29.9 Å². The first kappa shape index (κ1) is 16.7. The molecule has 0 aliphatic rings. The number of furan rings is 1. The third kappa shape index (κ3) is 3.85.